The number of aryl methyl sites for hydroxylation is 1. The average molecular weight is 221 g/mol. The van der Waals surface area contributed by atoms with Crippen molar-refractivity contribution in [1.82, 2.24) is 5.32 Å². The van der Waals surface area contributed by atoms with Crippen molar-refractivity contribution >= 4 is 5.97 Å². The van der Waals surface area contributed by atoms with E-state index in [1.165, 1.54) is 11.1 Å². The topological polar surface area (TPSA) is 38.3 Å². The SMILES string of the molecule is CCOC(=O)CNC(C)c1ccc(C)cc1. The molecule has 0 bridgehead atoms. The van der Waals surface area contributed by atoms with Gasteiger partial charge in [0.2, 0.25) is 0 Å². The van der Waals surface area contributed by atoms with Gasteiger partial charge in [0.15, 0.2) is 0 Å². The number of ether oxygens (including phenoxy) is 1. The van der Waals surface area contributed by atoms with Crippen molar-refractivity contribution in [2.75, 3.05) is 13.2 Å². The highest BCUT2D eigenvalue weighted by Crippen LogP contribution is 2.12. The van der Waals surface area contributed by atoms with Crippen LogP contribution in [0.1, 0.15) is 31.0 Å². The van der Waals surface area contributed by atoms with Crippen molar-refractivity contribution in [1.29, 1.82) is 0 Å². The fraction of sp³-hybridized carbons (Fsp3) is 0.462. The standard InChI is InChI=1S/C13H19NO2/c1-4-16-13(15)9-14-11(3)12-7-5-10(2)6-8-12/h5-8,11,14H,4,9H2,1-3H3. The zero-order valence-corrected chi connectivity index (χ0v) is 10.1. The largest absolute Gasteiger partial charge is 0.465 e. The number of benzene rings is 1. The summed E-state index contributed by atoms with van der Waals surface area (Å²) in [5.74, 6) is -0.207. The molecule has 0 radical (unpaired) electrons. The second-order valence-corrected chi connectivity index (χ2v) is 3.82. The number of hydrogen-bond donors (Lipinski definition) is 1. The van der Waals surface area contributed by atoms with Gasteiger partial charge < -0.3 is 10.1 Å². The van der Waals surface area contributed by atoms with E-state index in [1.807, 2.05) is 6.92 Å². The van der Waals surface area contributed by atoms with Crippen molar-refractivity contribution in [3.05, 3.63) is 35.4 Å². The van der Waals surface area contributed by atoms with Gasteiger partial charge in [0.1, 0.15) is 0 Å². The normalized spacial score (nSPS) is 12.2. The van der Waals surface area contributed by atoms with Crippen LogP contribution in [-0.4, -0.2) is 19.1 Å². The molecule has 1 atom stereocenters. The summed E-state index contributed by atoms with van der Waals surface area (Å²) in [7, 11) is 0. The molecule has 0 spiro atoms. The summed E-state index contributed by atoms with van der Waals surface area (Å²) in [6.07, 6.45) is 0. The maximum absolute atomic E-state index is 11.1. The van der Waals surface area contributed by atoms with E-state index in [0.717, 1.165) is 0 Å². The zero-order valence-electron chi connectivity index (χ0n) is 10.1. The van der Waals surface area contributed by atoms with Gasteiger partial charge in [-0.1, -0.05) is 29.8 Å². The second-order valence-electron chi connectivity index (χ2n) is 3.82. The molecule has 1 rings (SSSR count). The Kier molecular flexibility index (Phi) is 4.99. The zero-order chi connectivity index (χ0) is 12.0. The van der Waals surface area contributed by atoms with E-state index in [1.54, 1.807) is 6.92 Å². The lowest BCUT2D eigenvalue weighted by molar-refractivity contribution is -0.142. The van der Waals surface area contributed by atoms with Crippen molar-refractivity contribution in [3.8, 4) is 0 Å². The van der Waals surface area contributed by atoms with E-state index in [4.69, 9.17) is 4.74 Å². The Morgan fingerprint density at radius 2 is 2.00 bits per heavy atom. The van der Waals surface area contributed by atoms with Gasteiger partial charge in [0.05, 0.1) is 13.2 Å². The highest BCUT2D eigenvalue weighted by atomic mass is 16.5. The fourth-order valence-corrected chi connectivity index (χ4v) is 1.42. The molecule has 0 aliphatic heterocycles. The molecule has 16 heavy (non-hydrogen) atoms. The maximum atomic E-state index is 11.1. The molecule has 0 aliphatic carbocycles. The highest BCUT2D eigenvalue weighted by molar-refractivity contribution is 5.71. The molecule has 0 heterocycles. The van der Waals surface area contributed by atoms with Crippen molar-refractivity contribution in [2.24, 2.45) is 0 Å². The Morgan fingerprint density at radius 1 is 1.38 bits per heavy atom. The number of hydrogen-bond acceptors (Lipinski definition) is 3. The minimum Gasteiger partial charge on any atom is -0.465 e. The molecule has 3 nitrogen and oxygen atoms in total. The molecule has 88 valence electrons. The second kappa shape index (κ2) is 6.28. The Morgan fingerprint density at radius 3 is 2.56 bits per heavy atom. The van der Waals surface area contributed by atoms with Crippen molar-refractivity contribution in [3.63, 3.8) is 0 Å². The highest BCUT2D eigenvalue weighted by Gasteiger charge is 2.07. The number of carbonyl (C=O) groups excluding carboxylic acids is 1. The van der Waals surface area contributed by atoms with Gasteiger partial charge in [-0.15, -0.1) is 0 Å². The van der Waals surface area contributed by atoms with Crippen LogP contribution in [0.4, 0.5) is 0 Å². The van der Waals surface area contributed by atoms with Gasteiger partial charge in [-0.25, -0.2) is 0 Å². The Labute approximate surface area is 96.8 Å². The number of esters is 1. The lowest BCUT2D eigenvalue weighted by Gasteiger charge is -2.13. The summed E-state index contributed by atoms with van der Waals surface area (Å²) in [6.45, 7) is 6.58. The van der Waals surface area contributed by atoms with E-state index >= 15 is 0 Å². The molecule has 0 fully saturated rings. The molecule has 0 saturated carbocycles. The molecule has 0 saturated heterocycles. The summed E-state index contributed by atoms with van der Waals surface area (Å²) < 4.78 is 4.85. The molecule has 1 aromatic carbocycles. The first-order valence-electron chi connectivity index (χ1n) is 5.59. The van der Waals surface area contributed by atoms with Crippen molar-refractivity contribution < 1.29 is 9.53 Å². The minimum atomic E-state index is -0.207. The van der Waals surface area contributed by atoms with Crippen LogP contribution < -0.4 is 5.32 Å². The molecule has 1 aromatic rings. The number of nitrogens with one attached hydrogen (secondary N) is 1. The summed E-state index contributed by atoms with van der Waals surface area (Å²) in [6, 6.07) is 8.43. The molecule has 3 heteroatoms. The molecule has 0 aliphatic rings. The van der Waals surface area contributed by atoms with Gasteiger partial charge in [-0.05, 0) is 26.3 Å². The molecule has 0 aromatic heterocycles. The van der Waals surface area contributed by atoms with E-state index in [0.29, 0.717) is 6.61 Å². The molecule has 0 amide bonds. The maximum Gasteiger partial charge on any atom is 0.319 e. The van der Waals surface area contributed by atoms with Crippen LogP contribution in [0.5, 0.6) is 0 Å². The van der Waals surface area contributed by atoms with Gasteiger partial charge in [0, 0.05) is 6.04 Å². The first kappa shape index (κ1) is 12.7. The summed E-state index contributed by atoms with van der Waals surface area (Å²) in [5.41, 5.74) is 2.41. The summed E-state index contributed by atoms with van der Waals surface area (Å²) in [5, 5.41) is 3.13. The summed E-state index contributed by atoms with van der Waals surface area (Å²) >= 11 is 0. The van der Waals surface area contributed by atoms with Crippen molar-refractivity contribution in [2.45, 2.75) is 26.8 Å². The molecular weight excluding hydrogens is 202 g/mol. The smallest absolute Gasteiger partial charge is 0.319 e. The van der Waals surface area contributed by atoms with Gasteiger partial charge in [-0.3, -0.25) is 4.79 Å². The average Bonchev–Trinajstić information content (AvgIpc) is 2.27. The fourth-order valence-electron chi connectivity index (χ4n) is 1.42. The monoisotopic (exact) mass is 221 g/mol. The minimum absolute atomic E-state index is 0.157. The van der Waals surface area contributed by atoms with Crippen LogP contribution in [0.3, 0.4) is 0 Å². The first-order chi connectivity index (χ1) is 7.63. The molecular formula is C13H19NO2. The Hall–Kier alpha value is -1.35. The Bertz CT molecular complexity index is 332. The van der Waals surface area contributed by atoms with E-state index in [9.17, 15) is 4.79 Å². The van der Waals surface area contributed by atoms with Crippen LogP contribution in [0.15, 0.2) is 24.3 Å². The lowest BCUT2D eigenvalue weighted by atomic mass is 10.1. The summed E-state index contributed by atoms with van der Waals surface area (Å²) in [4.78, 5) is 11.1. The van der Waals surface area contributed by atoms with Gasteiger partial charge in [-0.2, -0.15) is 0 Å². The van der Waals surface area contributed by atoms with E-state index in [-0.39, 0.29) is 18.6 Å². The third-order valence-corrected chi connectivity index (χ3v) is 2.44. The third-order valence-electron chi connectivity index (χ3n) is 2.44. The first-order valence-corrected chi connectivity index (χ1v) is 5.59. The van der Waals surface area contributed by atoms with Gasteiger partial charge >= 0.3 is 5.97 Å². The van der Waals surface area contributed by atoms with E-state index < -0.39 is 0 Å². The molecule has 1 unspecified atom stereocenters. The van der Waals surface area contributed by atoms with Crippen LogP contribution in [0, 0.1) is 6.92 Å². The predicted octanol–water partition coefficient (Wildman–Crippen LogP) is 2.21. The van der Waals surface area contributed by atoms with Crippen LogP contribution in [-0.2, 0) is 9.53 Å². The number of carbonyl (C=O) groups is 1. The van der Waals surface area contributed by atoms with Crippen LogP contribution >= 0.6 is 0 Å². The molecule has 1 N–H and O–H groups in total. The Balaban J connectivity index is 2.43. The quantitative estimate of drug-likeness (QED) is 0.775. The van der Waals surface area contributed by atoms with Gasteiger partial charge in [0.25, 0.3) is 0 Å². The predicted molar refractivity (Wildman–Crippen MR) is 64.2 cm³/mol. The van der Waals surface area contributed by atoms with Crippen LogP contribution in [0.25, 0.3) is 0 Å². The lowest BCUT2D eigenvalue weighted by Crippen LogP contribution is -2.27. The number of rotatable bonds is 5. The van der Waals surface area contributed by atoms with Crippen LogP contribution in [0.2, 0.25) is 0 Å². The van der Waals surface area contributed by atoms with E-state index in [2.05, 4.69) is 36.5 Å². The third kappa shape index (κ3) is 4.03.